The van der Waals surface area contributed by atoms with Crippen LogP contribution < -0.4 is 5.32 Å². The molecule has 3 rings (SSSR count). The average molecular weight is 257 g/mol. The minimum Gasteiger partial charge on any atom is -0.339 e. The van der Waals surface area contributed by atoms with Gasteiger partial charge in [-0.25, -0.2) is 0 Å². The Labute approximate surface area is 103 Å². The molecule has 0 aliphatic carbocycles. The Bertz CT molecular complexity index is 346. The Morgan fingerprint density at radius 2 is 2.38 bits per heavy atom. The third kappa shape index (κ3) is 2.24. The van der Waals surface area contributed by atoms with Gasteiger partial charge in [0.1, 0.15) is 0 Å². The fraction of sp³-hybridized carbons (Fsp3) is 0.800. The summed E-state index contributed by atoms with van der Waals surface area (Å²) >= 11 is 3.94. The molecular weight excluding hydrogens is 242 g/mol. The third-order valence-electron chi connectivity index (χ3n) is 2.97. The van der Waals surface area contributed by atoms with Crippen molar-refractivity contribution in [2.75, 3.05) is 30.3 Å². The normalized spacial score (nSPS) is 30.8. The van der Waals surface area contributed by atoms with Crippen LogP contribution in [0.1, 0.15) is 29.3 Å². The van der Waals surface area contributed by atoms with Gasteiger partial charge in [0.05, 0.1) is 11.2 Å². The molecule has 0 aromatic carbocycles. The Morgan fingerprint density at radius 3 is 3.12 bits per heavy atom. The molecule has 2 aliphatic rings. The first-order valence-electron chi connectivity index (χ1n) is 5.67. The Morgan fingerprint density at radius 1 is 1.38 bits per heavy atom. The van der Waals surface area contributed by atoms with Crippen molar-refractivity contribution in [2.24, 2.45) is 0 Å². The van der Waals surface area contributed by atoms with Gasteiger partial charge >= 0.3 is 0 Å². The van der Waals surface area contributed by atoms with Gasteiger partial charge in [-0.1, -0.05) is 5.16 Å². The molecule has 1 N–H and O–H groups in total. The van der Waals surface area contributed by atoms with Gasteiger partial charge < -0.3 is 9.84 Å². The number of aromatic nitrogens is 2. The summed E-state index contributed by atoms with van der Waals surface area (Å²) in [6.07, 6.45) is 1.12. The lowest BCUT2D eigenvalue weighted by Gasteiger charge is -2.17. The minimum atomic E-state index is 0.433. The molecule has 2 atom stereocenters. The van der Waals surface area contributed by atoms with Crippen LogP contribution in [0.15, 0.2) is 4.52 Å². The maximum absolute atomic E-state index is 5.38. The van der Waals surface area contributed by atoms with E-state index in [1.807, 2.05) is 23.5 Å². The van der Waals surface area contributed by atoms with E-state index < -0.39 is 0 Å². The summed E-state index contributed by atoms with van der Waals surface area (Å²) in [7, 11) is 0. The molecular formula is C10H15N3OS2. The van der Waals surface area contributed by atoms with Crippen molar-refractivity contribution in [3.05, 3.63) is 11.7 Å². The van der Waals surface area contributed by atoms with Gasteiger partial charge in [-0.05, 0) is 13.0 Å². The first kappa shape index (κ1) is 10.9. The van der Waals surface area contributed by atoms with Crippen LogP contribution in [0.3, 0.4) is 0 Å². The summed E-state index contributed by atoms with van der Waals surface area (Å²) < 4.78 is 5.38. The molecule has 3 heterocycles. The number of rotatable bonds is 2. The maximum Gasteiger partial charge on any atom is 0.231 e. The van der Waals surface area contributed by atoms with Crippen molar-refractivity contribution in [3.8, 4) is 0 Å². The van der Waals surface area contributed by atoms with Crippen LogP contribution in [-0.4, -0.2) is 40.5 Å². The molecule has 0 bridgehead atoms. The van der Waals surface area contributed by atoms with Crippen molar-refractivity contribution < 1.29 is 4.52 Å². The topological polar surface area (TPSA) is 51.0 Å². The molecule has 2 aliphatic heterocycles. The molecule has 2 fully saturated rings. The van der Waals surface area contributed by atoms with E-state index >= 15 is 0 Å². The highest BCUT2D eigenvalue weighted by Gasteiger charge is 2.26. The maximum atomic E-state index is 5.38. The van der Waals surface area contributed by atoms with Crippen molar-refractivity contribution in [3.63, 3.8) is 0 Å². The molecule has 0 radical (unpaired) electrons. The quantitative estimate of drug-likeness (QED) is 0.870. The number of nitrogens with zero attached hydrogens (tertiary/aromatic N) is 2. The van der Waals surface area contributed by atoms with Crippen LogP contribution in [0, 0.1) is 0 Å². The minimum absolute atomic E-state index is 0.433. The van der Waals surface area contributed by atoms with Gasteiger partial charge in [0.25, 0.3) is 0 Å². The van der Waals surface area contributed by atoms with Gasteiger partial charge in [-0.2, -0.15) is 16.7 Å². The standard InChI is InChI=1S/C10H15N3OS2/c1-2-11-5-7(1)10-12-9(13-14-10)8-6-15-3-4-16-8/h7-8,11H,1-6H2. The van der Waals surface area contributed by atoms with E-state index in [0.29, 0.717) is 11.2 Å². The highest BCUT2D eigenvalue weighted by molar-refractivity contribution is 8.06. The van der Waals surface area contributed by atoms with E-state index in [1.165, 1.54) is 11.5 Å². The second-order valence-corrected chi connectivity index (χ2v) is 6.58. The van der Waals surface area contributed by atoms with Crippen LogP contribution in [0.2, 0.25) is 0 Å². The monoisotopic (exact) mass is 257 g/mol. The summed E-state index contributed by atoms with van der Waals surface area (Å²) in [5.41, 5.74) is 0. The van der Waals surface area contributed by atoms with Gasteiger partial charge in [0.2, 0.25) is 5.89 Å². The highest BCUT2D eigenvalue weighted by Crippen LogP contribution is 2.35. The average Bonchev–Trinajstić information content (AvgIpc) is 3.01. The lowest BCUT2D eigenvalue weighted by molar-refractivity contribution is 0.355. The van der Waals surface area contributed by atoms with Crippen molar-refractivity contribution >= 4 is 23.5 Å². The van der Waals surface area contributed by atoms with Crippen LogP contribution in [0.4, 0.5) is 0 Å². The van der Waals surface area contributed by atoms with Crippen molar-refractivity contribution in [1.82, 2.24) is 15.5 Å². The molecule has 4 nitrogen and oxygen atoms in total. The molecule has 0 amide bonds. The van der Waals surface area contributed by atoms with Gasteiger partial charge in [0.15, 0.2) is 5.82 Å². The van der Waals surface area contributed by atoms with Crippen LogP contribution in [-0.2, 0) is 0 Å². The molecule has 1 aromatic heterocycles. The zero-order valence-electron chi connectivity index (χ0n) is 9.02. The molecule has 2 saturated heterocycles. The predicted octanol–water partition coefficient (Wildman–Crippen LogP) is 1.67. The molecule has 88 valence electrons. The SMILES string of the molecule is C1CC(c2nc(C3CSCCS3)no2)CN1. The number of nitrogens with one attached hydrogen (secondary N) is 1. The van der Waals surface area contributed by atoms with E-state index in [0.717, 1.165) is 37.0 Å². The summed E-state index contributed by atoms with van der Waals surface area (Å²) in [5, 5.41) is 7.89. The summed E-state index contributed by atoms with van der Waals surface area (Å²) in [4.78, 5) is 4.56. The van der Waals surface area contributed by atoms with E-state index in [2.05, 4.69) is 15.5 Å². The molecule has 6 heteroatoms. The molecule has 16 heavy (non-hydrogen) atoms. The third-order valence-corrected chi connectivity index (χ3v) is 5.72. The molecule has 0 spiro atoms. The van der Waals surface area contributed by atoms with Crippen LogP contribution in [0.25, 0.3) is 0 Å². The molecule has 2 unspecified atom stereocenters. The van der Waals surface area contributed by atoms with E-state index in [4.69, 9.17) is 4.52 Å². The van der Waals surface area contributed by atoms with Crippen LogP contribution >= 0.6 is 23.5 Å². The number of hydrogen-bond acceptors (Lipinski definition) is 6. The second kappa shape index (κ2) is 4.98. The fourth-order valence-corrected chi connectivity index (χ4v) is 4.64. The summed E-state index contributed by atoms with van der Waals surface area (Å²) in [6.45, 7) is 2.05. The highest BCUT2D eigenvalue weighted by atomic mass is 32.2. The number of thioether (sulfide) groups is 2. The zero-order valence-corrected chi connectivity index (χ0v) is 10.6. The first-order chi connectivity index (χ1) is 7.93. The lowest BCUT2D eigenvalue weighted by atomic mass is 10.1. The van der Waals surface area contributed by atoms with E-state index in [1.54, 1.807) is 0 Å². The Kier molecular flexibility index (Phi) is 3.40. The zero-order chi connectivity index (χ0) is 10.8. The van der Waals surface area contributed by atoms with Crippen molar-refractivity contribution in [1.29, 1.82) is 0 Å². The predicted molar refractivity (Wildman–Crippen MR) is 67.0 cm³/mol. The van der Waals surface area contributed by atoms with Gasteiger partial charge in [-0.15, -0.1) is 11.8 Å². The number of hydrogen-bond donors (Lipinski definition) is 1. The first-order valence-corrected chi connectivity index (χ1v) is 7.87. The molecule has 1 aromatic rings. The van der Waals surface area contributed by atoms with E-state index in [-0.39, 0.29) is 0 Å². The second-order valence-electron chi connectivity index (χ2n) is 4.11. The van der Waals surface area contributed by atoms with E-state index in [9.17, 15) is 0 Å². The van der Waals surface area contributed by atoms with Gasteiger partial charge in [0, 0.05) is 23.8 Å². The van der Waals surface area contributed by atoms with Crippen molar-refractivity contribution in [2.45, 2.75) is 17.6 Å². The lowest BCUT2D eigenvalue weighted by Crippen LogP contribution is -2.09. The Hall–Kier alpha value is -0.200. The summed E-state index contributed by atoms with van der Waals surface area (Å²) in [6, 6.07) is 0. The molecule has 0 saturated carbocycles. The smallest absolute Gasteiger partial charge is 0.231 e. The fourth-order valence-electron chi connectivity index (χ4n) is 2.05. The Balaban J connectivity index is 1.71. The summed E-state index contributed by atoms with van der Waals surface area (Å²) in [5.74, 6) is 5.73. The largest absolute Gasteiger partial charge is 0.339 e. The van der Waals surface area contributed by atoms with Gasteiger partial charge in [-0.3, -0.25) is 0 Å². The van der Waals surface area contributed by atoms with Crippen LogP contribution in [0.5, 0.6) is 0 Å².